The molecule has 0 saturated carbocycles. The molecule has 0 spiro atoms. The molecule has 0 radical (unpaired) electrons. The first-order valence-corrected chi connectivity index (χ1v) is 11.8. The summed E-state index contributed by atoms with van der Waals surface area (Å²) in [6, 6.07) is 9.44. The van der Waals surface area contributed by atoms with Gasteiger partial charge in [0.05, 0.1) is 26.6 Å². The van der Waals surface area contributed by atoms with Crippen molar-refractivity contribution in [3.8, 4) is 0 Å². The average Bonchev–Trinajstić information content (AvgIpc) is 3.09. The largest absolute Gasteiger partial charge is 0.465 e. The first kappa shape index (κ1) is 24.2. The van der Waals surface area contributed by atoms with Crippen LogP contribution < -0.4 is 4.80 Å². The van der Waals surface area contributed by atoms with Gasteiger partial charge >= 0.3 is 5.97 Å². The molecule has 1 amide bonds. The van der Waals surface area contributed by atoms with Crippen LogP contribution in [0.15, 0.2) is 52.4 Å². The molecule has 0 saturated heterocycles. The molecule has 11 nitrogen and oxygen atoms in total. The average molecular weight is 493 g/mol. The zero-order valence-corrected chi connectivity index (χ0v) is 19.6. The maximum atomic E-state index is 12.8. The standard InChI is InChI=1S/C20H20N4O7S2/c1-4-31-18(25)12-23-16-11-14(24(27)28)7-10-17(16)32-20(23)21-19(26)13-5-8-15(9-6-13)33(29,30)22(2)3/h5-11H,4,12H2,1-3H3. The molecular weight excluding hydrogens is 472 g/mol. The number of esters is 1. The Morgan fingerprint density at radius 1 is 1.18 bits per heavy atom. The van der Waals surface area contributed by atoms with Gasteiger partial charge in [0, 0.05) is 31.8 Å². The predicted octanol–water partition coefficient (Wildman–Crippen LogP) is 2.17. The minimum atomic E-state index is -3.65. The van der Waals surface area contributed by atoms with Crippen LogP contribution in [0, 0.1) is 10.1 Å². The molecule has 1 aromatic heterocycles. The summed E-state index contributed by atoms with van der Waals surface area (Å²) in [5, 5.41) is 11.2. The van der Waals surface area contributed by atoms with Crippen molar-refractivity contribution in [1.29, 1.82) is 0 Å². The molecule has 0 bridgehead atoms. The van der Waals surface area contributed by atoms with Crippen molar-refractivity contribution in [2.45, 2.75) is 18.4 Å². The zero-order valence-electron chi connectivity index (χ0n) is 17.9. The Kier molecular flexibility index (Phi) is 7.05. The maximum Gasteiger partial charge on any atom is 0.326 e. The monoisotopic (exact) mass is 492 g/mol. The van der Waals surface area contributed by atoms with Gasteiger partial charge in [-0.3, -0.25) is 19.7 Å². The number of nitro groups is 1. The Labute approximate surface area is 192 Å². The van der Waals surface area contributed by atoms with E-state index >= 15 is 0 Å². The number of sulfonamides is 1. The van der Waals surface area contributed by atoms with Gasteiger partial charge < -0.3 is 9.30 Å². The van der Waals surface area contributed by atoms with Crippen LogP contribution in [-0.2, 0) is 26.1 Å². The molecule has 0 fully saturated rings. The molecule has 1 heterocycles. The number of hydrogen-bond acceptors (Lipinski definition) is 8. The lowest BCUT2D eigenvalue weighted by Crippen LogP contribution is -2.23. The molecule has 174 valence electrons. The van der Waals surface area contributed by atoms with E-state index in [9.17, 15) is 28.1 Å². The van der Waals surface area contributed by atoms with E-state index in [0.29, 0.717) is 10.2 Å². The minimum absolute atomic E-state index is 0.0237. The third-order valence-electron chi connectivity index (χ3n) is 4.55. The fraction of sp³-hybridized carbons (Fsp3) is 0.250. The Balaban J connectivity index is 2.07. The number of carbonyl (C=O) groups excluding carboxylic acids is 2. The summed E-state index contributed by atoms with van der Waals surface area (Å²) in [5.74, 6) is -1.25. The van der Waals surface area contributed by atoms with E-state index < -0.39 is 26.8 Å². The summed E-state index contributed by atoms with van der Waals surface area (Å²) in [5.41, 5.74) is 0.327. The number of nitrogens with zero attached hydrogens (tertiary/aromatic N) is 4. The molecule has 0 atom stereocenters. The van der Waals surface area contributed by atoms with E-state index in [0.717, 1.165) is 15.6 Å². The van der Waals surface area contributed by atoms with Crippen LogP contribution in [-0.4, -0.2) is 54.8 Å². The van der Waals surface area contributed by atoms with Crippen LogP contribution >= 0.6 is 11.3 Å². The molecule has 0 aliphatic carbocycles. The van der Waals surface area contributed by atoms with Crippen LogP contribution in [0.4, 0.5) is 5.69 Å². The third-order valence-corrected chi connectivity index (χ3v) is 7.43. The summed E-state index contributed by atoms with van der Waals surface area (Å²) >= 11 is 1.08. The van der Waals surface area contributed by atoms with Gasteiger partial charge in [0.1, 0.15) is 6.54 Å². The van der Waals surface area contributed by atoms with Gasteiger partial charge in [-0.2, -0.15) is 4.99 Å². The lowest BCUT2D eigenvalue weighted by atomic mass is 10.2. The molecule has 0 unspecified atom stereocenters. The zero-order chi connectivity index (χ0) is 24.3. The van der Waals surface area contributed by atoms with Gasteiger partial charge in [-0.1, -0.05) is 11.3 Å². The van der Waals surface area contributed by atoms with Crippen LogP contribution in [0.2, 0.25) is 0 Å². The van der Waals surface area contributed by atoms with E-state index in [4.69, 9.17) is 4.74 Å². The lowest BCUT2D eigenvalue weighted by Gasteiger charge is -2.11. The van der Waals surface area contributed by atoms with Gasteiger partial charge in [-0.25, -0.2) is 12.7 Å². The number of hydrogen-bond donors (Lipinski definition) is 0. The van der Waals surface area contributed by atoms with Crippen molar-refractivity contribution >= 4 is 49.1 Å². The highest BCUT2D eigenvalue weighted by atomic mass is 32.2. The van der Waals surface area contributed by atoms with Crippen LogP contribution in [0.1, 0.15) is 17.3 Å². The van der Waals surface area contributed by atoms with Crippen molar-refractivity contribution in [2.24, 2.45) is 4.99 Å². The van der Waals surface area contributed by atoms with Crippen LogP contribution in [0.5, 0.6) is 0 Å². The number of nitro benzene ring substituents is 1. The fourth-order valence-corrected chi connectivity index (χ4v) is 4.79. The minimum Gasteiger partial charge on any atom is -0.465 e. The van der Waals surface area contributed by atoms with Gasteiger partial charge in [-0.15, -0.1) is 0 Å². The summed E-state index contributed by atoms with van der Waals surface area (Å²) in [4.78, 5) is 39.7. The van der Waals surface area contributed by atoms with Crippen molar-refractivity contribution in [2.75, 3.05) is 20.7 Å². The molecule has 0 aliphatic heterocycles. The molecular formula is C20H20N4O7S2. The fourth-order valence-electron chi connectivity index (χ4n) is 2.88. The SMILES string of the molecule is CCOC(=O)Cn1c(=NC(=O)c2ccc(S(=O)(=O)N(C)C)cc2)sc2ccc([N+](=O)[O-])cc21. The quantitative estimate of drug-likeness (QED) is 0.279. The Bertz CT molecular complexity index is 1400. The van der Waals surface area contributed by atoms with Gasteiger partial charge in [0.2, 0.25) is 10.0 Å². The second kappa shape index (κ2) is 9.60. The number of thiazole rings is 1. The van der Waals surface area contributed by atoms with E-state index in [1.54, 1.807) is 6.92 Å². The first-order chi connectivity index (χ1) is 15.5. The first-order valence-electron chi connectivity index (χ1n) is 9.59. The Morgan fingerprint density at radius 2 is 1.85 bits per heavy atom. The van der Waals surface area contributed by atoms with Crippen LogP contribution in [0.25, 0.3) is 10.2 Å². The molecule has 3 aromatic rings. The maximum absolute atomic E-state index is 12.8. The summed E-state index contributed by atoms with van der Waals surface area (Å²) in [6.07, 6.45) is 0. The summed E-state index contributed by atoms with van der Waals surface area (Å²) in [6.45, 7) is 1.50. The number of amides is 1. The summed E-state index contributed by atoms with van der Waals surface area (Å²) < 4.78 is 32.4. The number of aromatic nitrogens is 1. The number of benzene rings is 2. The summed E-state index contributed by atoms with van der Waals surface area (Å²) in [7, 11) is -0.848. The highest BCUT2D eigenvalue weighted by molar-refractivity contribution is 7.89. The normalized spacial score (nSPS) is 12.3. The van der Waals surface area contributed by atoms with Gasteiger partial charge in [0.15, 0.2) is 4.80 Å². The van der Waals surface area contributed by atoms with Gasteiger partial charge in [0.25, 0.3) is 11.6 Å². The van der Waals surface area contributed by atoms with E-state index in [1.165, 1.54) is 61.1 Å². The number of ether oxygens (including phenoxy) is 1. The third kappa shape index (κ3) is 5.16. The van der Waals surface area contributed by atoms with E-state index in [1.807, 2.05) is 0 Å². The van der Waals surface area contributed by atoms with Gasteiger partial charge in [-0.05, 0) is 37.3 Å². The Morgan fingerprint density at radius 3 is 2.42 bits per heavy atom. The van der Waals surface area contributed by atoms with Crippen molar-refractivity contribution in [1.82, 2.24) is 8.87 Å². The lowest BCUT2D eigenvalue weighted by molar-refractivity contribution is -0.384. The molecule has 0 N–H and O–H groups in total. The molecule has 0 aliphatic rings. The van der Waals surface area contributed by atoms with Crippen molar-refractivity contribution < 1.29 is 27.7 Å². The number of rotatable bonds is 7. The van der Waals surface area contributed by atoms with E-state index in [-0.39, 0.29) is 34.1 Å². The molecule has 3 rings (SSSR count). The van der Waals surface area contributed by atoms with Crippen molar-refractivity contribution in [3.05, 3.63) is 62.9 Å². The number of non-ortho nitro benzene ring substituents is 1. The number of fused-ring (bicyclic) bond motifs is 1. The van der Waals surface area contributed by atoms with Crippen LogP contribution in [0.3, 0.4) is 0 Å². The van der Waals surface area contributed by atoms with E-state index in [2.05, 4.69) is 4.99 Å². The van der Waals surface area contributed by atoms with Crippen molar-refractivity contribution in [3.63, 3.8) is 0 Å². The highest BCUT2D eigenvalue weighted by Crippen LogP contribution is 2.23. The smallest absolute Gasteiger partial charge is 0.326 e. The number of carbonyl (C=O) groups is 2. The second-order valence-corrected chi connectivity index (χ2v) is 10.1. The molecule has 2 aromatic carbocycles. The molecule has 13 heteroatoms. The topological polar surface area (TPSA) is 141 Å². The Hall–Kier alpha value is -3.42. The predicted molar refractivity (Wildman–Crippen MR) is 120 cm³/mol. The molecule has 33 heavy (non-hydrogen) atoms. The highest BCUT2D eigenvalue weighted by Gasteiger charge is 2.19. The second-order valence-electron chi connectivity index (χ2n) is 6.91.